The van der Waals surface area contributed by atoms with Gasteiger partial charge in [0.1, 0.15) is 0 Å². The quantitative estimate of drug-likeness (QED) is 0.899. The van der Waals surface area contributed by atoms with Gasteiger partial charge in [-0.3, -0.25) is 0 Å². The number of nitrogens with zero attached hydrogens (tertiary/aromatic N) is 2. The number of rotatable bonds is 4. The molecule has 0 saturated carbocycles. The van der Waals surface area contributed by atoms with E-state index in [2.05, 4.69) is 65.0 Å². The maximum Gasteiger partial charge on any atom is 0.213 e. The van der Waals surface area contributed by atoms with Gasteiger partial charge in [0, 0.05) is 6.54 Å². The topological polar surface area (TPSA) is 51.0 Å². The maximum atomic E-state index is 4.67. The van der Waals surface area contributed by atoms with E-state index in [1.54, 1.807) is 0 Å². The fourth-order valence-electron chi connectivity index (χ4n) is 1.71. The van der Waals surface area contributed by atoms with Crippen molar-refractivity contribution < 1.29 is 4.52 Å². The zero-order valence-corrected chi connectivity index (χ0v) is 11.1. The normalized spacial score (nSPS) is 11.7. The van der Waals surface area contributed by atoms with Gasteiger partial charge in [0.25, 0.3) is 0 Å². The Kier molecular flexibility index (Phi) is 3.77. The van der Waals surface area contributed by atoms with Gasteiger partial charge < -0.3 is 9.84 Å². The third-order valence-corrected chi connectivity index (χ3v) is 2.84. The van der Waals surface area contributed by atoms with E-state index in [4.69, 9.17) is 0 Å². The minimum absolute atomic E-state index is 0.205. The van der Waals surface area contributed by atoms with Crippen LogP contribution in [0.25, 0.3) is 0 Å². The first-order valence-electron chi connectivity index (χ1n) is 6.11. The second-order valence-corrected chi connectivity index (χ2v) is 5.40. The average molecular weight is 245 g/mol. The van der Waals surface area contributed by atoms with Gasteiger partial charge >= 0.3 is 0 Å². The molecule has 96 valence electrons. The molecule has 0 fully saturated rings. The molecule has 4 nitrogen and oxygen atoms in total. The lowest BCUT2D eigenvalue weighted by atomic mass is 9.87. The second-order valence-electron chi connectivity index (χ2n) is 5.40. The summed E-state index contributed by atoms with van der Waals surface area (Å²) in [5.41, 5.74) is 2.81. The molecule has 1 heterocycles. The standard InChI is InChI=1S/C14H19N3O/c1-14(2,3)12-6-4-11(5-7-12)8-15-9-13-16-10-18-17-13/h4-7,10,15H,8-9H2,1-3H3. The highest BCUT2D eigenvalue weighted by Gasteiger charge is 2.12. The van der Waals surface area contributed by atoms with E-state index in [-0.39, 0.29) is 5.41 Å². The maximum absolute atomic E-state index is 4.67. The Morgan fingerprint density at radius 2 is 1.83 bits per heavy atom. The van der Waals surface area contributed by atoms with E-state index in [1.165, 1.54) is 17.5 Å². The van der Waals surface area contributed by atoms with Crippen LogP contribution in [0.2, 0.25) is 0 Å². The minimum Gasteiger partial charge on any atom is -0.343 e. The van der Waals surface area contributed by atoms with E-state index in [0.717, 1.165) is 6.54 Å². The molecule has 0 aliphatic heterocycles. The Labute approximate surface area is 107 Å². The summed E-state index contributed by atoms with van der Waals surface area (Å²) < 4.78 is 4.67. The second kappa shape index (κ2) is 5.31. The van der Waals surface area contributed by atoms with Crippen LogP contribution in [0.1, 0.15) is 37.7 Å². The molecule has 0 amide bonds. The van der Waals surface area contributed by atoms with E-state index in [0.29, 0.717) is 12.4 Å². The van der Waals surface area contributed by atoms with Crippen LogP contribution < -0.4 is 5.32 Å². The zero-order chi connectivity index (χ0) is 13.0. The van der Waals surface area contributed by atoms with Crippen LogP contribution in [0.3, 0.4) is 0 Å². The van der Waals surface area contributed by atoms with Crippen LogP contribution in [0, 0.1) is 0 Å². The molecule has 0 aliphatic rings. The van der Waals surface area contributed by atoms with Crippen molar-refractivity contribution in [2.24, 2.45) is 0 Å². The van der Waals surface area contributed by atoms with Crippen LogP contribution in [0.4, 0.5) is 0 Å². The summed E-state index contributed by atoms with van der Waals surface area (Å²) in [4.78, 5) is 3.95. The number of benzene rings is 1. The minimum atomic E-state index is 0.205. The van der Waals surface area contributed by atoms with Crippen LogP contribution in [-0.4, -0.2) is 10.1 Å². The first kappa shape index (κ1) is 12.8. The molecule has 1 aromatic carbocycles. The lowest BCUT2D eigenvalue weighted by Gasteiger charge is -2.19. The van der Waals surface area contributed by atoms with Crippen molar-refractivity contribution in [3.63, 3.8) is 0 Å². The molecule has 2 rings (SSSR count). The van der Waals surface area contributed by atoms with E-state index >= 15 is 0 Å². The molecule has 0 unspecified atom stereocenters. The highest BCUT2D eigenvalue weighted by Crippen LogP contribution is 2.22. The number of hydrogen-bond acceptors (Lipinski definition) is 4. The van der Waals surface area contributed by atoms with Gasteiger partial charge in [0.15, 0.2) is 5.82 Å². The first-order chi connectivity index (χ1) is 8.55. The molecular formula is C14H19N3O. The van der Waals surface area contributed by atoms with Crippen molar-refractivity contribution in [1.82, 2.24) is 15.5 Å². The van der Waals surface area contributed by atoms with Crippen molar-refractivity contribution in [2.45, 2.75) is 39.3 Å². The van der Waals surface area contributed by atoms with E-state index in [9.17, 15) is 0 Å². The molecule has 1 N–H and O–H groups in total. The Hall–Kier alpha value is -1.68. The van der Waals surface area contributed by atoms with Gasteiger partial charge in [-0.2, -0.15) is 4.98 Å². The van der Waals surface area contributed by atoms with Crippen LogP contribution in [-0.2, 0) is 18.5 Å². The average Bonchev–Trinajstić information content (AvgIpc) is 2.82. The molecule has 4 heteroatoms. The predicted molar refractivity (Wildman–Crippen MR) is 70.0 cm³/mol. The fourth-order valence-corrected chi connectivity index (χ4v) is 1.71. The van der Waals surface area contributed by atoms with Gasteiger partial charge in [-0.1, -0.05) is 50.2 Å². The summed E-state index contributed by atoms with van der Waals surface area (Å²) in [6.07, 6.45) is 1.34. The molecule has 0 spiro atoms. The van der Waals surface area contributed by atoms with Crippen LogP contribution >= 0.6 is 0 Å². The molecule has 0 saturated heterocycles. The van der Waals surface area contributed by atoms with Crippen LogP contribution in [0.5, 0.6) is 0 Å². The highest BCUT2D eigenvalue weighted by atomic mass is 16.5. The Balaban J connectivity index is 1.87. The zero-order valence-electron chi connectivity index (χ0n) is 11.1. The summed E-state index contributed by atoms with van der Waals surface area (Å²) in [7, 11) is 0. The Morgan fingerprint density at radius 1 is 1.11 bits per heavy atom. The van der Waals surface area contributed by atoms with Gasteiger partial charge in [-0.15, -0.1) is 0 Å². The molecule has 0 atom stereocenters. The summed E-state index contributed by atoms with van der Waals surface area (Å²) in [6, 6.07) is 8.68. The summed E-state index contributed by atoms with van der Waals surface area (Å²) in [6.45, 7) is 8.08. The molecule has 0 aliphatic carbocycles. The number of hydrogen-bond donors (Lipinski definition) is 1. The smallest absolute Gasteiger partial charge is 0.213 e. The summed E-state index contributed by atoms with van der Waals surface area (Å²) >= 11 is 0. The molecule has 0 radical (unpaired) electrons. The van der Waals surface area contributed by atoms with Gasteiger partial charge in [0.2, 0.25) is 6.39 Å². The molecule has 18 heavy (non-hydrogen) atoms. The van der Waals surface area contributed by atoms with Gasteiger partial charge in [-0.25, -0.2) is 0 Å². The largest absolute Gasteiger partial charge is 0.343 e. The van der Waals surface area contributed by atoms with Crippen molar-refractivity contribution in [2.75, 3.05) is 0 Å². The Bertz CT molecular complexity index is 469. The van der Waals surface area contributed by atoms with E-state index in [1.807, 2.05) is 0 Å². The number of aromatic nitrogens is 2. The summed E-state index contributed by atoms with van der Waals surface area (Å²) in [5, 5.41) is 7.02. The van der Waals surface area contributed by atoms with Gasteiger partial charge in [0.05, 0.1) is 6.54 Å². The van der Waals surface area contributed by atoms with Crippen molar-refractivity contribution in [1.29, 1.82) is 0 Å². The third-order valence-electron chi connectivity index (χ3n) is 2.84. The highest BCUT2D eigenvalue weighted by molar-refractivity contribution is 5.27. The van der Waals surface area contributed by atoms with Crippen molar-refractivity contribution >= 4 is 0 Å². The third kappa shape index (κ3) is 3.40. The monoisotopic (exact) mass is 245 g/mol. The first-order valence-corrected chi connectivity index (χ1v) is 6.11. The molecule has 1 aromatic heterocycles. The SMILES string of the molecule is CC(C)(C)c1ccc(CNCc2ncon2)cc1. The van der Waals surface area contributed by atoms with Crippen molar-refractivity contribution in [3.05, 3.63) is 47.6 Å². The van der Waals surface area contributed by atoms with Crippen molar-refractivity contribution in [3.8, 4) is 0 Å². The Morgan fingerprint density at radius 3 is 2.39 bits per heavy atom. The molecular weight excluding hydrogens is 226 g/mol. The fraction of sp³-hybridized carbons (Fsp3) is 0.429. The lowest BCUT2D eigenvalue weighted by Crippen LogP contribution is -2.14. The molecule has 2 aromatic rings. The summed E-state index contributed by atoms with van der Waals surface area (Å²) in [5.74, 6) is 0.682. The molecule has 0 bridgehead atoms. The lowest BCUT2D eigenvalue weighted by molar-refractivity contribution is 0.407. The predicted octanol–water partition coefficient (Wildman–Crippen LogP) is 2.66. The number of nitrogens with one attached hydrogen (secondary N) is 1. The van der Waals surface area contributed by atoms with Crippen LogP contribution in [0.15, 0.2) is 35.2 Å². The van der Waals surface area contributed by atoms with Gasteiger partial charge in [-0.05, 0) is 16.5 Å². The van der Waals surface area contributed by atoms with E-state index < -0.39 is 0 Å².